The highest BCUT2D eigenvalue weighted by Gasteiger charge is 2.32. The molecule has 8 nitrogen and oxygen atoms in total. The number of carbonyl (C=O) groups is 2. The summed E-state index contributed by atoms with van der Waals surface area (Å²) >= 11 is 18.5. The molecule has 3 aromatic rings. The van der Waals surface area contributed by atoms with E-state index in [4.69, 9.17) is 39.5 Å². The van der Waals surface area contributed by atoms with Crippen molar-refractivity contribution in [2.45, 2.75) is 38.3 Å². The van der Waals surface area contributed by atoms with E-state index in [0.717, 1.165) is 4.31 Å². The number of rotatable bonds is 12. The van der Waals surface area contributed by atoms with Gasteiger partial charge in [0.05, 0.1) is 27.7 Å². The largest absolute Gasteiger partial charge is 0.497 e. The smallest absolute Gasteiger partial charge is 0.264 e. The van der Waals surface area contributed by atoms with Gasteiger partial charge in [0.2, 0.25) is 11.8 Å². The van der Waals surface area contributed by atoms with E-state index in [1.165, 1.54) is 42.3 Å². The molecule has 0 heterocycles. The summed E-state index contributed by atoms with van der Waals surface area (Å²) in [7, 11) is -2.77. The third kappa shape index (κ3) is 8.52. The molecule has 0 saturated carbocycles. The van der Waals surface area contributed by atoms with E-state index >= 15 is 0 Å². The molecule has 0 aliphatic carbocycles. The second kappa shape index (κ2) is 14.3. The van der Waals surface area contributed by atoms with Gasteiger partial charge in [-0.15, -0.1) is 0 Å². The Labute approximate surface area is 256 Å². The molecule has 0 aromatic heterocycles. The number of amides is 2. The molecule has 0 radical (unpaired) electrons. The molecule has 2 amide bonds. The van der Waals surface area contributed by atoms with Crippen molar-refractivity contribution in [3.63, 3.8) is 0 Å². The molecule has 3 aromatic carbocycles. The number of benzene rings is 3. The Morgan fingerprint density at radius 3 is 2.20 bits per heavy atom. The summed E-state index contributed by atoms with van der Waals surface area (Å²) in [6.07, 6.45) is 0. The first-order chi connectivity index (χ1) is 19.3. The standard InChI is InChI=1S/C29H32Cl3N3O5S/c1-19(2)16-33-29(37)20(3)34(17-21-8-13-26(31)27(32)14-21)28(36)18-35(23-7-5-6-22(30)15-23)41(38,39)25-11-9-24(40-4)10-12-25/h5-15,19-20H,16-18H2,1-4H3,(H,33,37). The van der Waals surface area contributed by atoms with Gasteiger partial charge in [-0.1, -0.05) is 60.8 Å². The Balaban J connectivity index is 2.03. The first-order valence-electron chi connectivity index (χ1n) is 12.8. The van der Waals surface area contributed by atoms with Gasteiger partial charge in [-0.2, -0.15) is 0 Å². The minimum atomic E-state index is -4.24. The molecular formula is C29H32Cl3N3O5S. The van der Waals surface area contributed by atoms with Gasteiger partial charge in [0, 0.05) is 18.1 Å². The molecule has 220 valence electrons. The molecule has 0 aliphatic heterocycles. The van der Waals surface area contributed by atoms with Crippen LogP contribution in [0.1, 0.15) is 26.3 Å². The van der Waals surface area contributed by atoms with Crippen LogP contribution in [0.5, 0.6) is 5.75 Å². The maximum absolute atomic E-state index is 14.0. The lowest BCUT2D eigenvalue weighted by Crippen LogP contribution is -2.51. The molecular weight excluding hydrogens is 609 g/mol. The van der Waals surface area contributed by atoms with E-state index in [-0.39, 0.29) is 34.0 Å². The van der Waals surface area contributed by atoms with Gasteiger partial charge >= 0.3 is 0 Å². The molecule has 1 unspecified atom stereocenters. The molecule has 0 saturated heterocycles. The highest BCUT2D eigenvalue weighted by atomic mass is 35.5. The van der Waals surface area contributed by atoms with Crippen molar-refractivity contribution < 1.29 is 22.7 Å². The van der Waals surface area contributed by atoms with E-state index in [0.29, 0.717) is 27.9 Å². The van der Waals surface area contributed by atoms with Crippen molar-refractivity contribution in [3.8, 4) is 5.75 Å². The van der Waals surface area contributed by atoms with Crippen LogP contribution in [0.2, 0.25) is 15.1 Å². The number of sulfonamides is 1. The van der Waals surface area contributed by atoms with Crippen LogP contribution in [0.4, 0.5) is 5.69 Å². The van der Waals surface area contributed by atoms with Gasteiger partial charge in [-0.25, -0.2) is 8.42 Å². The topological polar surface area (TPSA) is 96.0 Å². The van der Waals surface area contributed by atoms with E-state index in [1.54, 1.807) is 43.3 Å². The van der Waals surface area contributed by atoms with Crippen LogP contribution in [-0.2, 0) is 26.2 Å². The average molecular weight is 641 g/mol. The Kier molecular flexibility index (Phi) is 11.3. The predicted octanol–water partition coefficient (Wildman–Crippen LogP) is 6.04. The van der Waals surface area contributed by atoms with Crippen molar-refractivity contribution in [2.24, 2.45) is 5.92 Å². The zero-order chi connectivity index (χ0) is 30.3. The number of halogens is 3. The summed E-state index contributed by atoms with van der Waals surface area (Å²) in [5.41, 5.74) is 0.802. The van der Waals surface area contributed by atoms with Gasteiger partial charge in [-0.05, 0) is 73.0 Å². The Morgan fingerprint density at radius 2 is 1.61 bits per heavy atom. The van der Waals surface area contributed by atoms with Crippen molar-refractivity contribution >= 4 is 62.3 Å². The Morgan fingerprint density at radius 1 is 0.927 bits per heavy atom. The second-order valence-corrected chi connectivity index (χ2v) is 12.9. The number of methoxy groups -OCH3 is 1. The maximum atomic E-state index is 14.0. The summed E-state index contributed by atoms with van der Waals surface area (Å²) in [4.78, 5) is 28.3. The normalized spacial score (nSPS) is 12.1. The van der Waals surface area contributed by atoms with Gasteiger partial charge in [-0.3, -0.25) is 13.9 Å². The van der Waals surface area contributed by atoms with Crippen molar-refractivity contribution in [1.82, 2.24) is 10.2 Å². The minimum Gasteiger partial charge on any atom is -0.497 e. The zero-order valence-electron chi connectivity index (χ0n) is 23.1. The molecule has 0 aliphatic rings. The van der Waals surface area contributed by atoms with Gasteiger partial charge in [0.1, 0.15) is 18.3 Å². The number of hydrogen-bond donors (Lipinski definition) is 1. The number of ether oxygens (including phenoxy) is 1. The Bertz CT molecular complexity index is 1480. The van der Waals surface area contributed by atoms with Crippen LogP contribution in [0.25, 0.3) is 0 Å². The summed E-state index contributed by atoms with van der Waals surface area (Å²) < 4.78 is 33.9. The van der Waals surface area contributed by atoms with Gasteiger partial charge in [0.15, 0.2) is 0 Å². The predicted molar refractivity (Wildman–Crippen MR) is 163 cm³/mol. The van der Waals surface area contributed by atoms with Crippen LogP contribution < -0.4 is 14.4 Å². The van der Waals surface area contributed by atoms with Crippen molar-refractivity contribution in [3.05, 3.63) is 87.4 Å². The summed E-state index contributed by atoms with van der Waals surface area (Å²) in [5.74, 6) is -0.318. The van der Waals surface area contributed by atoms with Crippen LogP contribution in [-0.4, -0.2) is 51.4 Å². The molecule has 3 rings (SSSR count). The fraction of sp³-hybridized carbons (Fsp3) is 0.310. The molecule has 0 fully saturated rings. The van der Waals surface area contributed by atoms with E-state index in [2.05, 4.69) is 5.32 Å². The maximum Gasteiger partial charge on any atom is 0.264 e. The monoisotopic (exact) mass is 639 g/mol. The van der Waals surface area contributed by atoms with Crippen molar-refractivity contribution in [1.29, 1.82) is 0 Å². The molecule has 0 spiro atoms. The summed E-state index contributed by atoms with van der Waals surface area (Å²) in [5, 5.41) is 3.76. The fourth-order valence-corrected chi connectivity index (χ4v) is 5.82. The average Bonchev–Trinajstić information content (AvgIpc) is 2.94. The van der Waals surface area contributed by atoms with Gasteiger partial charge < -0.3 is 15.0 Å². The molecule has 12 heteroatoms. The molecule has 41 heavy (non-hydrogen) atoms. The lowest BCUT2D eigenvalue weighted by molar-refractivity contribution is -0.139. The molecule has 0 bridgehead atoms. The highest BCUT2D eigenvalue weighted by molar-refractivity contribution is 7.92. The van der Waals surface area contributed by atoms with Crippen LogP contribution in [0.3, 0.4) is 0 Å². The third-order valence-electron chi connectivity index (χ3n) is 6.21. The lowest BCUT2D eigenvalue weighted by Gasteiger charge is -2.32. The Hall–Kier alpha value is -2.98. The molecule has 1 atom stereocenters. The van der Waals surface area contributed by atoms with E-state index < -0.39 is 28.5 Å². The van der Waals surface area contributed by atoms with E-state index in [1.807, 2.05) is 13.8 Å². The second-order valence-electron chi connectivity index (χ2n) is 9.75. The number of hydrogen-bond acceptors (Lipinski definition) is 5. The van der Waals surface area contributed by atoms with E-state index in [9.17, 15) is 18.0 Å². The lowest BCUT2D eigenvalue weighted by atomic mass is 10.1. The van der Waals surface area contributed by atoms with Crippen LogP contribution >= 0.6 is 34.8 Å². The quantitative estimate of drug-likeness (QED) is 0.261. The molecule has 1 N–H and O–H groups in total. The SMILES string of the molecule is COc1ccc(S(=O)(=O)N(CC(=O)N(Cc2ccc(Cl)c(Cl)c2)C(C)C(=O)NCC(C)C)c2cccc(Cl)c2)cc1. The zero-order valence-corrected chi connectivity index (χ0v) is 26.2. The highest BCUT2D eigenvalue weighted by Crippen LogP contribution is 2.28. The third-order valence-corrected chi connectivity index (χ3v) is 8.97. The first-order valence-corrected chi connectivity index (χ1v) is 15.3. The number of nitrogens with zero attached hydrogens (tertiary/aromatic N) is 2. The minimum absolute atomic E-state index is 0.0159. The number of nitrogens with one attached hydrogen (secondary N) is 1. The van der Waals surface area contributed by atoms with Crippen LogP contribution in [0.15, 0.2) is 71.6 Å². The first kappa shape index (κ1) is 32.5. The van der Waals surface area contributed by atoms with Crippen LogP contribution in [0, 0.1) is 5.92 Å². The number of carbonyl (C=O) groups excluding carboxylic acids is 2. The summed E-state index contributed by atoms with van der Waals surface area (Å²) in [6, 6.07) is 16.0. The number of anilines is 1. The summed E-state index contributed by atoms with van der Waals surface area (Å²) in [6.45, 7) is 5.30. The van der Waals surface area contributed by atoms with Crippen molar-refractivity contribution in [2.75, 3.05) is 24.5 Å². The van der Waals surface area contributed by atoms with Gasteiger partial charge in [0.25, 0.3) is 10.0 Å². The fourth-order valence-electron chi connectivity index (χ4n) is 3.90.